The van der Waals surface area contributed by atoms with E-state index in [1.54, 1.807) is 0 Å². The Bertz CT molecular complexity index is 675. The zero-order valence-corrected chi connectivity index (χ0v) is 15.7. The van der Waals surface area contributed by atoms with Gasteiger partial charge in [-0.3, -0.25) is 0 Å². The molecule has 0 spiro atoms. The second-order valence-corrected chi connectivity index (χ2v) is 8.48. The molecule has 0 amide bonds. The molecule has 26 heavy (non-hydrogen) atoms. The van der Waals surface area contributed by atoms with E-state index in [2.05, 4.69) is 64.6 Å². The molecular formula is C21H31N5. The fraction of sp³-hybridized carbons (Fsp3) is 0.571. The molecule has 2 heterocycles. The third-order valence-corrected chi connectivity index (χ3v) is 6.45. The molecule has 0 radical (unpaired) electrons. The molecule has 140 valence electrons. The summed E-state index contributed by atoms with van der Waals surface area (Å²) < 4.78 is 0. The molecule has 1 saturated heterocycles. The maximum absolute atomic E-state index is 5.98. The molecule has 0 aromatic heterocycles. The smallest absolute Gasteiger partial charge is 0.130 e. The third-order valence-electron chi connectivity index (χ3n) is 6.45. The van der Waals surface area contributed by atoms with Crippen LogP contribution < -0.4 is 16.5 Å². The number of hydrogen-bond acceptors (Lipinski definition) is 5. The van der Waals surface area contributed by atoms with E-state index in [0.717, 1.165) is 31.9 Å². The number of benzene rings is 1. The lowest BCUT2D eigenvalue weighted by Crippen LogP contribution is -2.45. The van der Waals surface area contributed by atoms with Crippen molar-refractivity contribution in [2.24, 2.45) is 22.2 Å². The summed E-state index contributed by atoms with van der Waals surface area (Å²) in [6.07, 6.45) is 3.66. The highest BCUT2D eigenvalue weighted by Crippen LogP contribution is 2.42. The Hall–Kier alpha value is -2.01. The lowest BCUT2D eigenvalue weighted by Gasteiger charge is -2.42. The zero-order chi connectivity index (χ0) is 18.1. The number of hydrazone groups is 1. The first-order valence-corrected chi connectivity index (χ1v) is 9.84. The topological polar surface area (TPSA) is 65.7 Å². The van der Waals surface area contributed by atoms with Gasteiger partial charge in [-0.1, -0.05) is 43.8 Å². The van der Waals surface area contributed by atoms with E-state index in [9.17, 15) is 0 Å². The van der Waals surface area contributed by atoms with Crippen molar-refractivity contribution in [1.29, 1.82) is 0 Å². The highest BCUT2D eigenvalue weighted by atomic mass is 15.3. The molecule has 5 nitrogen and oxygen atoms in total. The molecule has 0 bridgehead atoms. The van der Waals surface area contributed by atoms with Gasteiger partial charge in [-0.05, 0) is 30.2 Å². The lowest BCUT2D eigenvalue weighted by atomic mass is 9.79. The molecule has 1 aromatic rings. The predicted molar refractivity (Wildman–Crippen MR) is 107 cm³/mol. The normalized spacial score (nSPS) is 29.8. The van der Waals surface area contributed by atoms with Crippen LogP contribution in [-0.2, 0) is 0 Å². The Kier molecular flexibility index (Phi) is 4.65. The van der Waals surface area contributed by atoms with E-state index in [1.807, 2.05) is 0 Å². The average molecular weight is 354 g/mol. The maximum atomic E-state index is 5.98. The minimum atomic E-state index is 0.163. The quantitative estimate of drug-likeness (QED) is 0.734. The minimum Gasteiger partial charge on any atom is -0.385 e. The van der Waals surface area contributed by atoms with Crippen LogP contribution in [-0.4, -0.2) is 43.0 Å². The molecule has 2 fully saturated rings. The van der Waals surface area contributed by atoms with Crippen LogP contribution >= 0.6 is 0 Å². The zero-order valence-electron chi connectivity index (χ0n) is 15.7. The van der Waals surface area contributed by atoms with E-state index < -0.39 is 0 Å². The van der Waals surface area contributed by atoms with Gasteiger partial charge >= 0.3 is 0 Å². The van der Waals surface area contributed by atoms with Gasteiger partial charge < -0.3 is 21.4 Å². The molecule has 3 atom stereocenters. The van der Waals surface area contributed by atoms with E-state index in [-0.39, 0.29) is 5.92 Å². The molecule has 4 N–H and O–H groups in total. The van der Waals surface area contributed by atoms with Crippen molar-refractivity contribution in [1.82, 2.24) is 15.6 Å². The first kappa shape index (κ1) is 17.4. The average Bonchev–Trinajstić information content (AvgIpc) is 3.33. The van der Waals surface area contributed by atoms with Gasteiger partial charge in [0.2, 0.25) is 0 Å². The fourth-order valence-electron chi connectivity index (χ4n) is 4.30. The van der Waals surface area contributed by atoms with Gasteiger partial charge in [0.15, 0.2) is 0 Å². The van der Waals surface area contributed by atoms with Gasteiger partial charge in [-0.15, -0.1) is 0 Å². The molecule has 1 aliphatic carbocycles. The van der Waals surface area contributed by atoms with Crippen LogP contribution in [0.1, 0.15) is 37.7 Å². The summed E-state index contributed by atoms with van der Waals surface area (Å²) in [5, 5.41) is 7.93. The van der Waals surface area contributed by atoms with Crippen molar-refractivity contribution in [3.63, 3.8) is 0 Å². The number of nitrogens with one attached hydrogen (secondary N) is 2. The summed E-state index contributed by atoms with van der Waals surface area (Å²) in [5.41, 5.74) is 11.9. The Morgan fingerprint density at radius 2 is 2.08 bits per heavy atom. The summed E-state index contributed by atoms with van der Waals surface area (Å²) >= 11 is 0. The molecule has 4 rings (SSSR count). The summed E-state index contributed by atoms with van der Waals surface area (Å²) in [4.78, 5) is 2.41. The molecular weight excluding hydrogens is 322 g/mol. The molecule has 3 aliphatic rings. The fourth-order valence-corrected chi connectivity index (χ4v) is 4.30. The molecule has 2 unspecified atom stereocenters. The number of piperidine rings is 1. The van der Waals surface area contributed by atoms with Crippen LogP contribution in [0.15, 0.2) is 47.7 Å². The largest absolute Gasteiger partial charge is 0.385 e. The monoisotopic (exact) mass is 353 g/mol. The van der Waals surface area contributed by atoms with E-state index in [0.29, 0.717) is 23.2 Å². The van der Waals surface area contributed by atoms with Gasteiger partial charge in [0.25, 0.3) is 0 Å². The summed E-state index contributed by atoms with van der Waals surface area (Å²) in [6, 6.07) is 11.6. The first-order valence-electron chi connectivity index (χ1n) is 9.84. The number of nitrogens with zero attached hydrogens (tertiary/aromatic N) is 2. The highest BCUT2D eigenvalue weighted by molar-refractivity contribution is 5.86. The Morgan fingerprint density at radius 1 is 1.35 bits per heavy atom. The SMILES string of the molecule is C=C(C1CNN=C1N)N1CCC(C)(CN[C@@H]2CC2c2ccccc2)CC1. The molecule has 1 aromatic carbocycles. The van der Waals surface area contributed by atoms with Gasteiger partial charge in [0.1, 0.15) is 5.84 Å². The number of rotatable bonds is 6. The van der Waals surface area contributed by atoms with Crippen molar-refractivity contribution >= 4 is 5.84 Å². The van der Waals surface area contributed by atoms with Crippen molar-refractivity contribution in [3.05, 3.63) is 48.2 Å². The second-order valence-electron chi connectivity index (χ2n) is 8.48. The van der Waals surface area contributed by atoms with Crippen LogP contribution in [0.5, 0.6) is 0 Å². The van der Waals surface area contributed by atoms with Crippen molar-refractivity contribution in [2.75, 3.05) is 26.2 Å². The molecule has 1 saturated carbocycles. The third kappa shape index (κ3) is 3.58. The predicted octanol–water partition coefficient (Wildman–Crippen LogP) is 2.24. The Morgan fingerprint density at radius 3 is 2.73 bits per heavy atom. The van der Waals surface area contributed by atoms with Crippen molar-refractivity contribution < 1.29 is 0 Å². The number of amidine groups is 1. The van der Waals surface area contributed by atoms with E-state index in [4.69, 9.17) is 5.73 Å². The molecule has 2 aliphatic heterocycles. The van der Waals surface area contributed by atoms with Crippen LogP contribution in [0.2, 0.25) is 0 Å². The standard InChI is InChI=1S/C21H31N5/c1-15(18-13-24-25-20(18)22)26-10-8-21(2,9-11-26)14-23-19-12-17(19)16-6-4-3-5-7-16/h3-7,17-19,23-24H,1,8-14H2,2H3,(H2,22,25)/t17?,18?,19-/m1/s1. The van der Waals surface area contributed by atoms with E-state index in [1.165, 1.54) is 24.8 Å². The van der Waals surface area contributed by atoms with Gasteiger partial charge in [-0.2, -0.15) is 5.10 Å². The van der Waals surface area contributed by atoms with E-state index >= 15 is 0 Å². The van der Waals surface area contributed by atoms with Crippen LogP contribution in [0.4, 0.5) is 0 Å². The Labute approximate surface area is 156 Å². The summed E-state index contributed by atoms with van der Waals surface area (Å²) in [6.45, 7) is 10.7. The molecule has 5 heteroatoms. The highest BCUT2D eigenvalue weighted by Gasteiger charge is 2.40. The Balaban J connectivity index is 1.24. The van der Waals surface area contributed by atoms with Crippen LogP contribution in [0.3, 0.4) is 0 Å². The maximum Gasteiger partial charge on any atom is 0.130 e. The second kappa shape index (κ2) is 6.95. The number of nitrogens with two attached hydrogens (primary N) is 1. The number of hydrogen-bond donors (Lipinski definition) is 3. The summed E-state index contributed by atoms with van der Waals surface area (Å²) in [5.74, 6) is 1.54. The van der Waals surface area contributed by atoms with Crippen LogP contribution in [0, 0.1) is 11.3 Å². The minimum absolute atomic E-state index is 0.163. The lowest BCUT2D eigenvalue weighted by molar-refractivity contribution is 0.136. The van der Waals surface area contributed by atoms with Crippen molar-refractivity contribution in [3.8, 4) is 0 Å². The van der Waals surface area contributed by atoms with Gasteiger partial charge in [-0.25, -0.2) is 0 Å². The van der Waals surface area contributed by atoms with Crippen molar-refractivity contribution in [2.45, 2.75) is 38.1 Å². The van der Waals surface area contributed by atoms with Gasteiger partial charge in [0, 0.05) is 43.8 Å². The number of likely N-dealkylation sites (tertiary alicyclic amines) is 1. The van der Waals surface area contributed by atoms with Gasteiger partial charge in [0.05, 0.1) is 5.92 Å². The first-order chi connectivity index (χ1) is 12.6. The summed E-state index contributed by atoms with van der Waals surface area (Å²) in [7, 11) is 0. The van der Waals surface area contributed by atoms with Crippen LogP contribution in [0.25, 0.3) is 0 Å².